The van der Waals surface area contributed by atoms with Crippen LogP contribution < -0.4 is 5.56 Å². The van der Waals surface area contributed by atoms with Crippen LogP contribution in [-0.2, 0) is 11.3 Å². The summed E-state index contributed by atoms with van der Waals surface area (Å²) in [5.41, 5.74) is 1.13. The molecule has 2 aromatic heterocycles. The van der Waals surface area contributed by atoms with Crippen LogP contribution in [0.15, 0.2) is 35.4 Å². The molecule has 0 unspecified atom stereocenters. The van der Waals surface area contributed by atoms with E-state index in [4.69, 9.17) is 11.6 Å². The number of likely N-dealkylation sites (tertiary alicyclic amines) is 1. The molecule has 2 aliphatic heterocycles. The molecule has 150 valence electrons. The minimum Gasteiger partial charge on any atom is -0.342 e. The number of carbonyl (C=O) groups excluding carboxylic acids is 1. The lowest BCUT2D eigenvalue weighted by atomic mass is 9.78. The predicted octanol–water partition coefficient (Wildman–Crippen LogP) is 1.84. The number of fused-ring (bicyclic) bond motifs is 4. The second-order valence-corrected chi connectivity index (χ2v) is 8.59. The van der Waals surface area contributed by atoms with Gasteiger partial charge in [-0.1, -0.05) is 17.7 Å². The number of hydrogen-bond donors (Lipinski definition) is 0. The Morgan fingerprint density at radius 2 is 2.14 bits per heavy atom. The monoisotopic (exact) mass is 403 g/mol. The van der Waals surface area contributed by atoms with Crippen LogP contribution in [0.1, 0.15) is 30.5 Å². The number of aromatic nitrogens is 3. The highest BCUT2D eigenvalue weighted by Gasteiger charge is 2.41. The van der Waals surface area contributed by atoms with Crippen LogP contribution in [0.5, 0.6) is 0 Å². The lowest BCUT2D eigenvalue weighted by Gasteiger charge is -2.47. The van der Waals surface area contributed by atoms with Gasteiger partial charge in [0.25, 0.3) is 5.56 Å². The van der Waals surface area contributed by atoms with Crippen LogP contribution in [0.3, 0.4) is 0 Å². The van der Waals surface area contributed by atoms with Crippen LogP contribution in [0.4, 0.5) is 0 Å². The van der Waals surface area contributed by atoms with Crippen molar-refractivity contribution in [1.29, 1.82) is 0 Å². The lowest BCUT2D eigenvalue weighted by Crippen LogP contribution is -2.52. The van der Waals surface area contributed by atoms with E-state index in [-0.39, 0.29) is 29.3 Å². The standard InChI is InChI=1S/C20H26ClN5O2/c1-23(2)13-18-15-8-14(17-4-3-5-20(28)26(17)18)10-24(11-15)19(27)6-7-25-12-16(21)9-22-25/h3-5,9,12,14-15,18H,6-8,10-11,13H2,1-2H3/t14-,15+,18+/m1/s1. The number of likely N-dealkylation sites (N-methyl/N-ethyl adjacent to an activating group) is 1. The summed E-state index contributed by atoms with van der Waals surface area (Å²) in [6.07, 6.45) is 4.74. The Bertz CT molecular complexity index is 921. The Morgan fingerprint density at radius 3 is 2.86 bits per heavy atom. The molecule has 4 rings (SSSR count). The Kier molecular flexibility index (Phi) is 5.29. The van der Waals surface area contributed by atoms with Gasteiger partial charge in [0.2, 0.25) is 5.91 Å². The molecule has 2 aromatic rings. The molecule has 28 heavy (non-hydrogen) atoms. The smallest absolute Gasteiger partial charge is 0.251 e. The molecule has 0 N–H and O–H groups in total. The molecule has 0 aromatic carbocycles. The average molecular weight is 404 g/mol. The first-order valence-electron chi connectivity index (χ1n) is 9.74. The highest BCUT2D eigenvalue weighted by molar-refractivity contribution is 6.30. The zero-order valence-electron chi connectivity index (χ0n) is 16.3. The molecule has 0 aliphatic carbocycles. The molecular formula is C20H26ClN5O2. The van der Waals surface area contributed by atoms with E-state index < -0.39 is 0 Å². The first kappa shape index (κ1) is 19.2. The van der Waals surface area contributed by atoms with Gasteiger partial charge in [0.05, 0.1) is 17.3 Å². The fraction of sp³-hybridized carbons (Fsp3) is 0.550. The van der Waals surface area contributed by atoms with Gasteiger partial charge in [-0.3, -0.25) is 14.3 Å². The van der Waals surface area contributed by atoms with Gasteiger partial charge >= 0.3 is 0 Å². The Balaban J connectivity index is 1.54. The SMILES string of the molecule is CN(C)C[C@H]1[C@H]2C[C@H](CN(C(=O)CCn3cc(Cl)cn3)C2)c2cccc(=O)n21. The molecule has 7 nitrogen and oxygen atoms in total. The maximum atomic E-state index is 12.9. The number of pyridine rings is 1. The lowest BCUT2D eigenvalue weighted by molar-refractivity contribution is -0.134. The molecule has 1 amide bonds. The quantitative estimate of drug-likeness (QED) is 0.764. The molecular weight excluding hydrogens is 378 g/mol. The van der Waals surface area contributed by atoms with Gasteiger partial charge in [-0.05, 0) is 32.5 Å². The minimum atomic E-state index is 0.0642. The Labute approximate surface area is 169 Å². The zero-order chi connectivity index (χ0) is 19.8. The number of aryl methyl sites for hydroxylation is 1. The van der Waals surface area contributed by atoms with Crippen molar-refractivity contribution in [3.63, 3.8) is 0 Å². The van der Waals surface area contributed by atoms with Crippen molar-refractivity contribution in [1.82, 2.24) is 24.1 Å². The highest BCUT2D eigenvalue weighted by atomic mass is 35.5. The summed E-state index contributed by atoms with van der Waals surface area (Å²) in [7, 11) is 4.06. The maximum Gasteiger partial charge on any atom is 0.251 e. The first-order valence-corrected chi connectivity index (χ1v) is 10.1. The molecule has 2 aliphatic rings. The van der Waals surface area contributed by atoms with Crippen LogP contribution in [0.25, 0.3) is 0 Å². The predicted molar refractivity (Wildman–Crippen MR) is 108 cm³/mol. The normalized spacial score (nSPS) is 23.7. The van der Waals surface area contributed by atoms with E-state index in [2.05, 4.69) is 10.00 Å². The largest absolute Gasteiger partial charge is 0.342 e. The van der Waals surface area contributed by atoms with Crippen molar-refractivity contribution >= 4 is 17.5 Å². The van der Waals surface area contributed by atoms with Crippen LogP contribution in [0.2, 0.25) is 5.02 Å². The zero-order valence-corrected chi connectivity index (χ0v) is 17.0. The molecule has 1 fully saturated rings. The minimum absolute atomic E-state index is 0.0642. The van der Waals surface area contributed by atoms with E-state index in [1.165, 1.54) is 0 Å². The molecule has 4 heterocycles. The molecule has 3 atom stereocenters. The van der Waals surface area contributed by atoms with E-state index in [9.17, 15) is 9.59 Å². The molecule has 1 saturated heterocycles. The topological polar surface area (TPSA) is 63.4 Å². The van der Waals surface area contributed by atoms with E-state index in [1.807, 2.05) is 35.7 Å². The second-order valence-electron chi connectivity index (χ2n) is 8.15. The van der Waals surface area contributed by atoms with Crippen molar-refractivity contribution in [2.24, 2.45) is 5.92 Å². The van der Waals surface area contributed by atoms with Gasteiger partial charge in [-0.2, -0.15) is 5.10 Å². The van der Waals surface area contributed by atoms with Crippen LogP contribution >= 0.6 is 11.6 Å². The van der Waals surface area contributed by atoms with Crippen LogP contribution in [0, 0.1) is 5.92 Å². The summed E-state index contributed by atoms with van der Waals surface area (Å²) in [5, 5.41) is 4.72. The summed E-state index contributed by atoms with van der Waals surface area (Å²) in [5.74, 6) is 0.641. The number of amides is 1. The average Bonchev–Trinajstić information content (AvgIpc) is 3.08. The number of rotatable bonds is 5. The fourth-order valence-electron chi connectivity index (χ4n) is 4.68. The molecule has 8 heteroatoms. The van der Waals surface area contributed by atoms with E-state index in [0.29, 0.717) is 31.1 Å². The molecule has 0 spiro atoms. The number of halogens is 1. The van der Waals surface area contributed by atoms with Crippen LogP contribution in [-0.4, -0.2) is 63.8 Å². The van der Waals surface area contributed by atoms with Crippen molar-refractivity contribution in [2.75, 3.05) is 33.7 Å². The second kappa shape index (κ2) is 7.72. The number of nitrogens with zero attached hydrogens (tertiary/aromatic N) is 5. The van der Waals surface area contributed by atoms with Crippen molar-refractivity contribution in [2.45, 2.75) is 31.3 Å². The number of carbonyl (C=O) groups is 1. The third-order valence-electron chi connectivity index (χ3n) is 5.86. The van der Waals surface area contributed by atoms with E-state index in [1.54, 1.807) is 23.1 Å². The van der Waals surface area contributed by atoms with Crippen molar-refractivity contribution < 1.29 is 4.79 Å². The summed E-state index contributed by atoms with van der Waals surface area (Å²) in [6.45, 7) is 2.69. The molecule has 2 bridgehead atoms. The van der Waals surface area contributed by atoms with E-state index >= 15 is 0 Å². The van der Waals surface area contributed by atoms with Gasteiger partial charge in [-0.15, -0.1) is 0 Å². The van der Waals surface area contributed by atoms with Gasteiger partial charge in [0, 0.05) is 56.5 Å². The highest BCUT2D eigenvalue weighted by Crippen LogP contribution is 2.41. The molecule has 0 saturated carbocycles. The van der Waals surface area contributed by atoms with Gasteiger partial charge in [0.15, 0.2) is 0 Å². The van der Waals surface area contributed by atoms with Crippen molar-refractivity contribution in [3.05, 3.63) is 51.7 Å². The third kappa shape index (κ3) is 3.73. The van der Waals surface area contributed by atoms with E-state index in [0.717, 1.165) is 18.7 Å². The van der Waals surface area contributed by atoms with Gasteiger partial charge in [0.1, 0.15) is 0 Å². The Morgan fingerprint density at radius 1 is 1.32 bits per heavy atom. The summed E-state index contributed by atoms with van der Waals surface area (Å²) in [4.78, 5) is 29.6. The Hall–Kier alpha value is -2.12. The third-order valence-corrected chi connectivity index (χ3v) is 6.05. The summed E-state index contributed by atoms with van der Waals surface area (Å²) >= 11 is 5.90. The van der Waals surface area contributed by atoms with Gasteiger partial charge < -0.3 is 14.4 Å². The fourth-order valence-corrected chi connectivity index (χ4v) is 4.84. The first-order chi connectivity index (χ1) is 13.4. The number of piperidine rings is 1. The van der Waals surface area contributed by atoms with Crippen molar-refractivity contribution in [3.8, 4) is 0 Å². The maximum absolute atomic E-state index is 12.9. The van der Waals surface area contributed by atoms with Gasteiger partial charge in [-0.25, -0.2) is 0 Å². The summed E-state index contributed by atoms with van der Waals surface area (Å²) < 4.78 is 3.68. The number of hydrogen-bond acceptors (Lipinski definition) is 4. The molecule has 0 radical (unpaired) electrons. The summed E-state index contributed by atoms with van der Waals surface area (Å²) in [6, 6.07) is 5.62.